The van der Waals surface area contributed by atoms with E-state index in [1.165, 1.54) is 30.3 Å². The van der Waals surface area contributed by atoms with Gasteiger partial charge in [0.1, 0.15) is 11.6 Å². The van der Waals surface area contributed by atoms with E-state index in [-0.39, 0.29) is 23.4 Å². The molecule has 0 saturated carbocycles. The van der Waals surface area contributed by atoms with Gasteiger partial charge in [0.25, 0.3) is 11.7 Å². The third kappa shape index (κ3) is 2.25. The summed E-state index contributed by atoms with van der Waals surface area (Å²) in [5.41, 5.74) is 0.115. The summed E-state index contributed by atoms with van der Waals surface area (Å²) in [5.74, 6) is -2.83. The molecule has 0 bridgehead atoms. The van der Waals surface area contributed by atoms with Crippen LogP contribution in [0.2, 0.25) is 0 Å². The number of carbonyl (C=O) groups excluding carboxylic acids is 2. The topological polar surface area (TPSA) is 37.4 Å². The second-order valence-corrected chi connectivity index (χ2v) is 5.51. The van der Waals surface area contributed by atoms with E-state index in [1.54, 1.807) is 0 Å². The van der Waals surface area contributed by atoms with Gasteiger partial charge in [0.05, 0.1) is 17.8 Å². The Balaban J connectivity index is 2.06. The number of carbonyl (C=O) groups is 2. The normalized spacial score (nSPS) is 13.8. The lowest BCUT2D eigenvalue weighted by Crippen LogP contribution is -2.30. The maximum Gasteiger partial charge on any atom is 0.299 e. The van der Waals surface area contributed by atoms with Gasteiger partial charge in [0.2, 0.25) is 0 Å². The third-order valence-electron chi connectivity index (χ3n) is 3.28. The first-order chi connectivity index (χ1) is 9.99. The Morgan fingerprint density at radius 3 is 2.57 bits per heavy atom. The second-order valence-electron chi connectivity index (χ2n) is 4.59. The second kappa shape index (κ2) is 5.04. The van der Waals surface area contributed by atoms with Crippen molar-refractivity contribution in [1.29, 1.82) is 0 Å². The van der Waals surface area contributed by atoms with Crippen LogP contribution in [0.1, 0.15) is 15.9 Å². The van der Waals surface area contributed by atoms with Gasteiger partial charge in [0, 0.05) is 10.0 Å². The fourth-order valence-corrected chi connectivity index (χ4v) is 2.71. The summed E-state index contributed by atoms with van der Waals surface area (Å²) < 4.78 is 28.3. The van der Waals surface area contributed by atoms with Crippen LogP contribution in [-0.2, 0) is 11.3 Å². The molecular formula is C15H8BrF2NO2. The average molecular weight is 352 g/mol. The fraction of sp³-hybridized carbons (Fsp3) is 0.0667. The summed E-state index contributed by atoms with van der Waals surface area (Å²) >= 11 is 3.21. The van der Waals surface area contributed by atoms with Crippen molar-refractivity contribution < 1.29 is 18.4 Å². The molecule has 0 unspecified atom stereocenters. The van der Waals surface area contributed by atoms with Gasteiger partial charge in [-0.2, -0.15) is 0 Å². The van der Waals surface area contributed by atoms with E-state index in [9.17, 15) is 18.4 Å². The maximum atomic E-state index is 13.9. The third-order valence-corrected chi connectivity index (χ3v) is 3.77. The monoisotopic (exact) mass is 351 g/mol. The van der Waals surface area contributed by atoms with Crippen LogP contribution in [0, 0.1) is 11.6 Å². The van der Waals surface area contributed by atoms with Gasteiger partial charge in [0.15, 0.2) is 0 Å². The molecule has 0 spiro atoms. The van der Waals surface area contributed by atoms with Crippen LogP contribution in [0.25, 0.3) is 0 Å². The van der Waals surface area contributed by atoms with Crippen molar-refractivity contribution in [3.05, 3.63) is 63.6 Å². The van der Waals surface area contributed by atoms with Gasteiger partial charge in [-0.15, -0.1) is 0 Å². The summed E-state index contributed by atoms with van der Waals surface area (Å²) in [6.45, 7) is -0.205. The molecule has 1 heterocycles. The summed E-state index contributed by atoms with van der Waals surface area (Å²) in [6.07, 6.45) is 0. The van der Waals surface area contributed by atoms with E-state index >= 15 is 0 Å². The summed E-state index contributed by atoms with van der Waals surface area (Å²) in [7, 11) is 0. The van der Waals surface area contributed by atoms with Crippen molar-refractivity contribution in [2.45, 2.75) is 6.54 Å². The molecule has 1 aliphatic rings. The van der Waals surface area contributed by atoms with Crippen LogP contribution in [0.15, 0.2) is 40.9 Å². The molecule has 6 heteroatoms. The van der Waals surface area contributed by atoms with Crippen molar-refractivity contribution in [3.63, 3.8) is 0 Å². The van der Waals surface area contributed by atoms with Crippen LogP contribution < -0.4 is 4.90 Å². The molecule has 0 atom stereocenters. The predicted molar refractivity (Wildman–Crippen MR) is 76.0 cm³/mol. The number of para-hydroxylation sites is 1. The largest absolute Gasteiger partial charge is 0.299 e. The van der Waals surface area contributed by atoms with Gasteiger partial charge < -0.3 is 0 Å². The highest BCUT2D eigenvalue weighted by Crippen LogP contribution is 2.33. The van der Waals surface area contributed by atoms with Gasteiger partial charge in [-0.05, 0) is 30.3 Å². The average Bonchev–Trinajstić information content (AvgIpc) is 2.69. The highest BCUT2D eigenvalue weighted by Gasteiger charge is 2.38. The minimum atomic E-state index is -0.852. The first-order valence-corrected chi connectivity index (χ1v) is 6.87. The first kappa shape index (κ1) is 13.9. The number of rotatable bonds is 2. The van der Waals surface area contributed by atoms with Crippen LogP contribution in [0.4, 0.5) is 14.5 Å². The van der Waals surface area contributed by atoms with Crippen LogP contribution >= 0.6 is 15.9 Å². The van der Waals surface area contributed by atoms with Gasteiger partial charge in [-0.3, -0.25) is 14.5 Å². The Bertz CT molecular complexity index is 776. The molecule has 0 fully saturated rings. The Kier molecular flexibility index (Phi) is 3.33. The van der Waals surface area contributed by atoms with Gasteiger partial charge in [-0.1, -0.05) is 22.0 Å². The fourth-order valence-electron chi connectivity index (χ4n) is 2.30. The van der Waals surface area contributed by atoms with Crippen LogP contribution in [0.5, 0.6) is 0 Å². The van der Waals surface area contributed by atoms with E-state index in [0.717, 1.165) is 11.0 Å². The number of hydrogen-bond acceptors (Lipinski definition) is 2. The maximum absolute atomic E-state index is 13.9. The van der Waals surface area contributed by atoms with Gasteiger partial charge >= 0.3 is 0 Å². The Morgan fingerprint density at radius 2 is 1.81 bits per heavy atom. The van der Waals surface area contributed by atoms with Crippen molar-refractivity contribution in [1.82, 2.24) is 0 Å². The number of anilines is 1. The summed E-state index contributed by atoms with van der Waals surface area (Å²) in [4.78, 5) is 24.8. The SMILES string of the molecule is O=C1C(=O)N(Cc2cc(Br)ccc2F)c2c(F)cccc21. The molecule has 0 aromatic heterocycles. The van der Waals surface area contributed by atoms with E-state index in [2.05, 4.69) is 15.9 Å². The highest BCUT2D eigenvalue weighted by atomic mass is 79.9. The number of hydrogen-bond donors (Lipinski definition) is 0. The Hall–Kier alpha value is -2.08. The molecule has 3 nitrogen and oxygen atoms in total. The predicted octanol–water partition coefficient (Wildman–Crippen LogP) is 3.46. The zero-order valence-corrected chi connectivity index (χ0v) is 12.2. The van der Waals surface area contributed by atoms with Crippen molar-refractivity contribution in [3.8, 4) is 0 Å². The highest BCUT2D eigenvalue weighted by molar-refractivity contribution is 9.10. The number of fused-ring (bicyclic) bond motifs is 1. The molecule has 0 N–H and O–H groups in total. The molecule has 2 aromatic carbocycles. The van der Waals surface area contributed by atoms with Crippen LogP contribution in [-0.4, -0.2) is 11.7 Å². The minimum Gasteiger partial charge on any atom is -0.297 e. The summed E-state index contributed by atoms with van der Waals surface area (Å²) in [6, 6.07) is 8.16. The van der Waals surface area contributed by atoms with Gasteiger partial charge in [-0.25, -0.2) is 8.78 Å². The number of amides is 1. The molecule has 0 radical (unpaired) electrons. The minimum absolute atomic E-state index is 0.00963. The number of benzene rings is 2. The molecule has 1 aliphatic heterocycles. The first-order valence-electron chi connectivity index (χ1n) is 6.07. The van der Waals surface area contributed by atoms with E-state index in [4.69, 9.17) is 0 Å². The van der Waals surface area contributed by atoms with Crippen molar-refractivity contribution >= 4 is 33.3 Å². The Labute approximate surface area is 127 Å². The molecular weight excluding hydrogens is 344 g/mol. The molecule has 21 heavy (non-hydrogen) atoms. The molecule has 0 saturated heterocycles. The van der Waals surface area contributed by atoms with Crippen LogP contribution in [0.3, 0.4) is 0 Å². The standard InChI is InChI=1S/C15H8BrF2NO2/c16-9-4-5-11(17)8(6-9)7-19-13-10(14(20)15(19)21)2-1-3-12(13)18/h1-6H,7H2. The lowest BCUT2D eigenvalue weighted by Gasteiger charge is -2.17. The van der Waals surface area contributed by atoms with Crippen molar-refractivity contribution in [2.75, 3.05) is 4.90 Å². The van der Waals surface area contributed by atoms with E-state index in [1.807, 2.05) is 0 Å². The number of halogens is 3. The molecule has 0 aliphatic carbocycles. The Morgan fingerprint density at radius 1 is 1.05 bits per heavy atom. The molecule has 106 valence electrons. The van der Waals surface area contributed by atoms with Crippen molar-refractivity contribution in [2.24, 2.45) is 0 Å². The summed E-state index contributed by atoms with van der Waals surface area (Å²) in [5, 5.41) is 0. The molecule has 1 amide bonds. The van der Waals surface area contributed by atoms with E-state index in [0.29, 0.717) is 4.47 Å². The lowest BCUT2D eigenvalue weighted by atomic mass is 10.1. The van der Waals surface area contributed by atoms with E-state index < -0.39 is 23.3 Å². The number of Topliss-reactive ketones (excluding diaryl/α,β-unsaturated/α-hetero) is 1. The number of nitrogens with zero attached hydrogens (tertiary/aromatic N) is 1. The number of ketones is 1. The smallest absolute Gasteiger partial charge is 0.297 e. The zero-order valence-electron chi connectivity index (χ0n) is 10.6. The zero-order chi connectivity index (χ0) is 15.1. The quantitative estimate of drug-likeness (QED) is 0.777. The lowest BCUT2D eigenvalue weighted by molar-refractivity contribution is -0.114. The molecule has 3 rings (SSSR count). The molecule has 2 aromatic rings.